The van der Waals surface area contributed by atoms with Crippen molar-refractivity contribution in [3.63, 3.8) is 0 Å². The first-order valence-electron chi connectivity index (χ1n) is 8.33. The average molecular weight is 340 g/mol. The molecule has 1 heterocycles. The van der Waals surface area contributed by atoms with E-state index in [4.69, 9.17) is 5.84 Å². The van der Waals surface area contributed by atoms with Crippen molar-refractivity contribution in [2.24, 2.45) is 11.8 Å². The number of nitrogen functional groups attached to an aromatic ring is 1. The summed E-state index contributed by atoms with van der Waals surface area (Å²) in [7, 11) is 0. The van der Waals surface area contributed by atoms with Crippen LogP contribution in [0.5, 0.6) is 0 Å². The van der Waals surface area contributed by atoms with E-state index in [9.17, 15) is 4.79 Å². The molecule has 3 N–H and O–H groups in total. The van der Waals surface area contributed by atoms with Crippen LogP contribution < -0.4 is 11.2 Å². The lowest BCUT2D eigenvalue weighted by atomic mass is 9.78. The Balaban J connectivity index is 1.89. The lowest BCUT2D eigenvalue weighted by molar-refractivity contribution is -0.120. The van der Waals surface area contributed by atoms with Crippen LogP contribution in [0.1, 0.15) is 59.7 Å². The highest BCUT2D eigenvalue weighted by Crippen LogP contribution is 2.29. The van der Waals surface area contributed by atoms with Gasteiger partial charge >= 0.3 is 0 Å². The second kappa shape index (κ2) is 7.11. The largest absolute Gasteiger partial charge is 0.352 e. The van der Waals surface area contributed by atoms with Crippen LogP contribution in [0.3, 0.4) is 0 Å². The molecule has 0 spiro atoms. The van der Waals surface area contributed by atoms with E-state index in [0.29, 0.717) is 22.7 Å². The van der Waals surface area contributed by atoms with Crippen LogP contribution in [0.15, 0.2) is 5.16 Å². The molecule has 1 aromatic heterocycles. The molecule has 0 saturated heterocycles. The summed E-state index contributed by atoms with van der Waals surface area (Å²) in [5.74, 6) is 8.32. The van der Waals surface area contributed by atoms with Gasteiger partial charge in [0.1, 0.15) is 0 Å². The minimum Gasteiger partial charge on any atom is -0.352 e. The summed E-state index contributed by atoms with van der Waals surface area (Å²) >= 11 is 1.34. The highest BCUT2D eigenvalue weighted by Gasteiger charge is 2.28. The fourth-order valence-corrected chi connectivity index (χ4v) is 3.72. The number of nitrogens with zero attached hydrogens (tertiary/aromatic N) is 3. The number of carbonyl (C=O) groups is 1. The smallest absolute Gasteiger partial charge is 0.230 e. The van der Waals surface area contributed by atoms with E-state index in [1.54, 1.807) is 0 Å². The van der Waals surface area contributed by atoms with Crippen LogP contribution >= 0.6 is 11.8 Å². The fraction of sp³-hybridized carbons (Fsp3) is 0.812. The van der Waals surface area contributed by atoms with Crippen LogP contribution in [-0.2, 0) is 10.2 Å². The topological polar surface area (TPSA) is 85.8 Å². The van der Waals surface area contributed by atoms with E-state index in [1.807, 2.05) is 20.8 Å². The Morgan fingerprint density at radius 2 is 2.04 bits per heavy atom. The van der Waals surface area contributed by atoms with Gasteiger partial charge in [-0.3, -0.25) is 4.79 Å². The number of nitrogens with two attached hydrogens (primary N) is 1. The summed E-state index contributed by atoms with van der Waals surface area (Å²) in [6, 6.07) is 0.285. The van der Waals surface area contributed by atoms with Crippen molar-refractivity contribution in [2.75, 3.05) is 11.6 Å². The number of hydrogen-bond acceptors (Lipinski definition) is 5. The van der Waals surface area contributed by atoms with Gasteiger partial charge in [0.05, 0.1) is 5.75 Å². The molecule has 0 radical (unpaired) electrons. The van der Waals surface area contributed by atoms with Crippen LogP contribution in [0.25, 0.3) is 0 Å². The van der Waals surface area contributed by atoms with Crippen molar-refractivity contribution >= 4 is 17.7 Å². The predicted octanol–water partition coefficient (Wildman–Crippen LogP) is 2.32. The zero-order valence-corrected chi connectivity index (χ0v) is 15.6. The van der Waals surface area contributed by atoms with E-state index in [2.05, 4.69) is 29.4 Å². The van der Waals surface area contributed by atoms with Gasteiger partial charge in [-0.2, -0.15) is 0 Å². The van der Waals surface area contributed by atoms with Crippen LogP contribution in [-0.4, -0.2) is 32.6 Å². The summed E-state index contributed by atoms with van der Waals surface area (Å²) in [5.41, 5.74) is -0.170. The third-order valence-electron chi connectivity index (χ3n) is 4.72. The second-order valence-electron chi connectivity index (χ2n) is 7.66. The van der Waals surface area contributed by atoms with Crippen molar-refractivity contribution in [2.45, 2.75) is 70.5 Å². The second-order valence-corrected chi connectivity index (χ2v) is 8.60. The molecular weight excluding hydrogens is 310 g/mol. The number of nitrogens with one attached hydrogen (secondary N) is 1. The summed E-state index contributed by atoms with van der Waals surface area (Å²) < 4.78 is 1.49. The fourth-order valence-electron chi connectivity index (χ4n) is 3.05. The summed E-state index contributed by atoms with van der Waals surface area (Å²) in [6.45, 7) is 10.6. The maximum atomic E-state index is 12.2. The van der Waals surface area contributed by atoms with Crippen molar-refractivity contribution in [1.29, 1.82) is 0 Å². The molecule has 0 aliphatic heterocycles. The third-order valence-corrected chi connectivity index (χ3v) is 5.66. The van der Waals surface area contributed by atoms with Gasteiger partial charge in [-0.15, -0.1) is 10.2 Å². The zero-order valence-electron chi connectivity index (χ0n) is 14.8. The average Bonchev–Trinajstić information content (AvgIpc) is 2.83. The molecule has 1 aliphatic carbocycles. The van der Waals surface area contributed by atoms with Crippen molar-refractivity contribution in [3.05, 3.63) is 5.82 Å². The summed E-state index contributed by atoms with van der Waals surface area (Å²) in [5, 5.41) is 12.0. The molecule has 1 saturated carbocycles. The highest BCUT2D eigenvalue weighted by molar-refractivity contribution is 7.99. The van der Waals surface area contributed by atoms with Gasteiger partial charge in [0.2, 0.25) is 11.1 Å². The van der Waals surface area contributed by atoms with Gasteiger partial charge < -0.3 is 11.2 Å². The molecule has 0 aromatic carbocycles. The molecule has 1 fully saturated rings. The molecule has 3 atom stereocenters. The van der Waals surface area contributed by atoms with Gasteiger partial charge in [-0.25, -0.2) is 4.68 Å². The Morgan fingerprint density at radius 3 is 2.65 bits per heavy atom. The Labute approximate surface area is 143 Å². The number of carbonyl (C=O) groups excluding carboxylic acids is 1. The van der Waals surface area contributed by atoms with Crippen molar-refractivity contribution in [3.8, 4) is 0 Å². The normalized spacial score (nSPS) is 25.3. The molecule has 6 nitrogen and oxygen atoms in total. The number of rotatable bonds is 4. The SMILES string of the molecule is CC1CCCC(NC(=O)CSc2nnc(C(C)(C)C)n2N)C1C. The summed E-state index contributed by atoms with van der Waals surface area (Å²) in [6.07, 6.45) is 3.52. The first-order chi connectivity index (χ1) is 10.7. The molecule has 1 aliphatic rings. The number of aromatic nitrogens is 3. The van der Waals surface area contributed by atoms with E-state index in [0.717, 1.165) is 12.2 Å². The first kappa shape index (κ1) is 18.1. The lowest BCUT2D eigenvalue weighted by Crippen LogP contribution is -2.44. The van der Waals surface area contributed by atoms with Crippen LogP contribution in [0.2, 0.25) is 0 Å². The number of hydrogen-bond donors (Lipinski definition) is 2. The molecule has 1 amide bonds. The van der Waals surface area contributed by atoms with Gasteiger partial charge in [-0.1, -0.05) is 59.2 Å². The Bertz CT molecular complexity index is 551. The lowest BCUT2D eigenvalue weighted by Gasteiger charge is -2.34. The standard InChI is InChI=1S/C16H29N5OS/c1-10-7-6-8-12(11(10)2)18-13(22)9-23-15-20-19-14(21(15)17)16(3,4)5/h10-12H,6-9,17H2,1-5H3,(H,18,22). The van der Waals surface area contributed by atoms with Crippen LogP contribution in [0.4, 0.5) is 0 Å². The Morgan fingerprint density at radius 1 is 1.35 bits per heavy atom. The molecular formula is C16H29N5OS. The molecule has 1 aromatic rings. The minimum absolute atomic E-state index is 0.0428. The molecule has 23 heavy (non-hydrogen) atoms. The molecule has 130 valence electrons. The minimum atomic E-state index is -0.170. The molecule has 7 heteroatoms. The predicted molar refractivity (Wildman–Crippen MR) is 93.7 cm³/mol. The third kappa shape index (κ3) is 4.40. The zero-order chi connectivity index (χ0) is 17.2. The van der Waals surface area contributed by atoms with E-state index >= 15 is 0 Å². The van der Waals surface area contributed by atoms with Crippen molar-refractivity contribution < 1.29 is 4.79 Å². The van der Waals surface area contributed by atoms with Crippen LogP contribution in [0, 0.1) is 11.8 Å². The highest BCUT2D eigenvalue weighted by atomic mass is 32.2. The molecule has 3 unspecified atom stereocenters. The Kier molecular flexibility index (Phi) is 5.60. The maximum Gasteiger partial charge on any atom is 0.230 e. The Hall–Kier alpha value is -1.24. The van der Waals surface area contributed by atoms with Crippen molar-refractivity contribution in [1.82, 2.24) is 20.2 Å². The van der Waals surface area contributed by atoms with Gasteiger partial charge in [-0.05, 0) is 18.3 Å². The van der Waals surface area contributed by atoms with E-state index < -0.39 is 0 Å². The summed E-state index contributed by atoms with van der Waals surface area (Å²) in [4.78, 5) is 12.2. The monoisotopic (exact) mass is 339 g/mol. The van der Waals surface area contributed by atoms with Gasteiger partial charge in [0.15, 0.2) is 5.82 Å². The number of thioether (sulfide) groups is 1. The number of amides is 1. The first-order valence-corrected chi connectivity index (χ1v) is 9.32. The maximum absolute atomic E-state index is 12.2. The molecule has 0 bridgehead atoms. The van der Waals surface area contributed by atoms with E-state index in [1.165, 1.54) is 29.3 Å². The quantitative estimate of drug-likeness (QED) is 0.649. The molecule has 2 rings (SSSR count). The van der Waals surface area contributed by atoms with E-state index in [-0.39, 0.29) is 17.4 Å². The van der Waals surface area contributed by atoms with Gasteiger partial charge in [0, 0.05) is 11.5 Å². The van der Waals surface area contributed by atoms with Gasteiger partial charge in [0.25, 0.3) is 0 Å².